The summed E-state index contributed by atoms with van der Waals surface area (Å²) in [5.74, 6) is -0.294. The molecule has 0 aliphatic carbocycles. The maximum Gasteiger partial charge on any atom is 0.264 e. The summed E-state index contributed by atoms with van der Waals surface area (Å²) in [4.78, 5) is 28.9. The molecule has 0 aromatic heterocycles. The van der Waals surface area contributed by atoms with E-state index in [4.69, 9.17) is 4.74 Å². The van der Waals surface area contributed by atoms with Crippen molar-refractivity contribution < 1.29 is 22.7 Å². The molecule has 3 aromatic carbocycles. The van der Waals surface area contributed by atoms with Crippen LogP contribution in [0.3, 0.4) is 0 Å². The summed E-state index contributed by atoms with van der Waals surface area (Å²) in [6.07, 6.45) is 1.13. The van der Waals surface area contributed by atoms with Crippen molar-refractivity contribution in [1.82, 2.24) is 10.2 Å². The fourth-order valence-electron chi connectivity index (χ4n) is 4.39. The molecule has 214 valence electrons. The third kappa shape index (κ3) is 7.41. The third-order valence-electron chi connectivity index (χ3n) is 6.77. The fourth-order valence-corrected chi connectivity index (χ4v) is 5.79. The van der Waals surface area contributed by atoms with Crippen LogP contribution in [-0.4, -0.2) is 51.4 Å². The number of methoxy groups -OCH3 is 1. The number of carbonyl (C=O) groups is 2. The summed E-state index contributed by atoms with van der Waals surface area (Å²) in [7, 11) is -2.65. The summed E-state index contributed by atoms with van der Waals surface area (Å²) in [5, 5.41) is 2.90. The molecular weight excluding hydrogens is 526 g/mol. The van der Waals surface area contributed by atoms with Gasteiger partial charge in [-0.15, -0.1) is 0 Å². The lowest BCUT2D eigenvalue weighted by Gasteiger charge is -2.33. The van der Waals surface area contributed by atoms with E-state index in [1.807, 2.05) is 52.0 Å². The smallest absolute Gasteiger partial charge is 0.264 e. The Morgan fingerprint density at radius 1 is 0.950 bits per heavy atom. The van der Waals surface area contributed by atoms with Crippen LogP contribution < -0.4 is 14.4 Å². The molecule has 0 aliphatic rings. The van der Waals surface area contributed by atoms with Crippen LogP contribution >= 0.6 is 0 Å². The number of amides is 2. The molecule has 8 nitrogen and oxygen atoms in total. The number of nitrogens with one attached hydrogen (secondary N) is 1. The zero-order valence-corrected chi connectivity index (χ0v) is 24.7. The summed E-state index contributed by atoms with van der Waals surface area (Å²) < 4.78 is 34.4. The molecule has 0 spiro atoms. The number of nitrogens with zero attached hydrogens (tertiary/aromatic N) is 2. The second kappa shape index (κ2) is 14.0. The highest BCUT2D eigenvalue weighted by atomic mass is 32.2. The topological polar surface area (TPSA) is 96.0 Å². The van der Waals surface area contributed by atoms with E-state index in [0.29, 0.717) is 18.7 Å². The van der Waals surface area contributed by atoms with Gasteiger partial charge in [0.25, 0.3) is 10.0 Å². The second-order valence-electron chi connectivity index (χ2n) is 9.69. The van der Waals surface area contributed by atoms with Gasteiger partial charge >= 0.3 is 0 Å². The van der Waals surface area contributed by atoms with Crippen LogP contribution in [0.5, 0.6) is 5.75 Å². The van der Waals surface area contributed by atoms with Gasteiger partial charge in [-0.25, -0.2) is 8.42 Å². The highest BCUT2D eigenvalue weighted by Gasteiger charge is 2.34. The molecule has 40 heavy (non-hydrogen) atoms. The summed E-state index contributed by atoms with van der Waals surface area (Å²) in [6, 6.07) is 20.0. The predicted molar refractivity (Wildman–Crippen MR) is 158 cm³/mol. The Kier molecular flexibility index (Phi) is 10.7. The van der Waals surface area contributed by atoms with E-state index < -0.39 is 28.5 Å². The quantitative estimate of drug-likeness (QED) is 0.320. The van der Waals surface area contributed by atoms with Crippen LogP contribution in [0.4, 0.5) is 5.69 Å². The minimum atomic E-state index is -4.14. The minimum Gasteiger partial charge on any atom is -0.497 e. The van der Waals surface area contributed by atoms with Gasteiger partial charge in [0.2, 0.25) is 11.8 Å². The molecule has 1 atom stereocenters. The van der Waals surface area contributed by atoms with E-state index in [-0.39, 0.29) is 23.0 Å². The number of anilines is 1. The van der Waals surface area contributed by atoms with Crippen molar-refractivity contribution in [3.8, 4) is 5.75 Å². The number of benzene rings is 3. The second-order valence-corrected chi connectivity index (χ2v) is 11.6. The molecule has 9 heteroatoms. The van der Waals surface area contributed by atoms with Crippen LogP contribution in [0.15, 0.2) is 77.7 Å². The summed E-state index contributed by atoms with van der Waals surface area (Å²) in [6.45, 7) is 7.78. The standard InChI is InChI=1S/C31H39N3O5S/c1-6-19-32-31(36)29(7-2)33(21-25-12-9-8-11-24(25)4)30(35)22-34(26-13-10-14-27(20-26)39-5)40(37,38)28-17-15-23(3)16-18-28/h8-18,20,29H,6-7,19,21-22H2,1-5H3,(H,32,36)/t29-/m0/s1. The number of rotatable bonds is 13. The zero-order chi connectivity index (χ0) is 29.3. The Morgan fingerprint density at radius 2 is 1.65 bits per heavy atom. The predicted octanol–water partition coefficient (Wildman–Crippen LogP) is 4.84. The maximum atomic E-state index is 14.1. The first kappa shape index (κ1) is 30.7. The van der Waals surface area contributed by atoms with Crippen molar-refractivity contribution in [2.24, 2.45) is 0 Å². The molecule has 3 aromatic rings. The van der Waals surface area contributed by atoms with Crippen molar-refractivity contribution in [3.63, 3.8) is 0 Å². The molecule has 0 saturated carbocycles. The number of hydrogen-bond donors (Lipinski definition) is 1. The largest absolute Gasteiger partial charge is 0.497 e. The molecular formula is C31H39N3O5S. The van der Waals surface area contributed by atoms with Crippen LogP contribution in [-0.2, 0) is 26.2 Å². The summed E-state index contributed by atoms with van der Waals surface area (Å²) in [5.41, 5.74) is 3.05. The van der Waals surface area contributed by atoms with Crippen LogP contribution in [0.2, 0.25) is 0 Å². The van der Waals surface area contributed by atoms with Gasteiger partial charge in [-0.2, -0.15) is 0 Å². The lowest BCUT2D eigenvalue weighted by molar-refractivity contribution is -0.140. The highest BCUT2D eigenvalue weighted by molar-refractivity contribution is 7.92. The maximum absolute atomic E-state index is 14.1. The molecule has 1 N–H and O–H groups in total. The molecule has 0 heterocycles. The number of ether oxygens (including phenoxy) is 1. The fraction of sp³-hybridized carbons (Fsp3) is 0.355. The highest BCUT2D eigenvalue weighted by Crippen LogP contribution is 2.28. The van der Waals surface area contributed by atoms with Gasteiger partial charge in [0, 0.05) is 19.2 Å². The normalized spacial score (nSPS) is 11.9. The molecule has 0 radical (unpaired) electrons. The lowest BCUT2D eigenvalue weighted by atomic mass is 10.1. The van der Waals surface area contributed by atoms with E-state index in [1.165, 1.54) is 24.1 Å². The Labute approximate surface area is 238 Å². The number of aryl methyl sites for hydroxylation is 2. The van der Waals surface area contributed by atoms with Gasteiger partial charge in [0.1, 0.15) is 18.3 Å². The molecule has 0 unspecified atom stereocenters. The van der Waals surface area contributed by atoms with Gasteiger partial charge in [-0.3, -0.25) is 13.9 Å². The van der Waals surface area contributed by atoms with Gasteiger partial charge in [0.15, 0.2) is 0 Å². The van der Waals surface area contributed by atoms with Crippen LogP contribution in [0, 0.1) is 13.8 Å². The average molecular weight is 566 g/mol. The van der Waals surface area contributed by atoms with Crippen molar-refractivity contribution >= 4 is 27.5 Å². The van der Waals surface area contributed by atoms with E-state index >= 15 is 0 Å². The van der Waals surface area contributed by atoms with E-state index in [9.17, 15) is 18.0 Å². The van der Waals surface area contributed by atoms with Crippen molar-refractivity contribution in [2.45, 2.75) is 58.0 Å². The molecule has 0 aliphatic heterocycles. The average Bonchev–Trinajstić information content (AvgIpc) is 2.95. The Hall–Kier alpha value is -3.85. The minimum absolute atomic E-state index is 0.0619. The van der Waals surface area contributed by atoms with Crippen molar-refractivity contribution in [1.29, 1.82) is 0 Å². The number of sulfonamides is 1. The van der Waals surface area contributed by atoms with Crippen LogP contribution in [0.1, 0.15) is 43.4 Å². The monoisotopic (exact) mass is 565 g/mol. The molecule has 3 rings (SSSR count). The number of carbonyl (C=O) groups excluding carboxylic acids is 2. The van der Waals surface area contributed by atoms with E-state index in [0.717, 1.165) is 27.4 Å². The van der Waals surface area contributed by atoms with Crippen molar-refractivity contribution in [2.75, 3.05) is 24.5 Å². The summed E-state index contributed by atoms with van der Waals surface area (Å²) >= 11 is 0. The Morgan fingerprint density at radius 3 is 2.27 bits per heavy atom. The first-order chi connectivity index (χ1) is 19.1. The van der Waals surface area contributed by atoms with Gasteiger partial charge < -0.3 is 15.0 Å². The SMILES string of the molecule is CCCNC(=O)[C@H](CC)N(Cc1ccccc1C)C(=O)CN(c1cccc(OC)c1)S(=O)(=O)c1ccc(C)cc1. The van der Waals surface area contributed by atoms with E-state index in [1.54, 1.807) is 36.4 Å². The third-order valence-corrected chi connectivity index (χ3v) is 8.55. The Balaban J connectivity index is 2.08. The first-order valence-corrected chi connectivity index (χ1v) is 14.9. The Bertz CT molecular complexity index is 1410. The lowest BCUT2D eigenvalue weighted by Crippen LogP contribution is -2.52. The number of hydrogen-bond acceptors (Lipinski definition) is 5. The van der Waals surface area contributed by atoms with Gasteiger partial charge in [0.05, 0.1) is 17.7 Å². The molecule has 0 bridgehead atoms. The van der Waals surface area contributed by atoms with Gasteiger partial charge in [-0.1, -0.05) is 61.9 Å². The molecule has 0 fully saturated rings. The van der Waals surface area contributed by atoms with E-state index in [2.05, 4.69) is 5.32 Å². The molecule has 0 saturated heterocycles. The van der Waals surface area contributed by atoms with Crippen molar-refractivity contribution in [3.05, 3.63) is 89.5 Å². The van der Waals surface area contributed by atoms with Crippen LogP contribution in [0.25, 0.3) is 0 Å². The first-order valence-electron chi connectivity index (χ1n) is 13.5. The zero-order valence-electron chi connectivity index (χ0n) is 23.9. The molecule has 2 amide bonds. The van der Waals surface area contributed by atoms with Gasteiger partial charge in [-0.05, 0) is 62.1 Å².